The predicted molar refractivity (Wildman–Crippen MR) is 128 cm³/mol. The Bertz CT molecular complexity index is 1380. The molecule has 1 aromatic heterocycles. The number of sulfone groups is 1. The first-order valence-corrected chi connectivity index (χ1v) is 14.3. The first kappa shape index (κ1) is 23.3. The lowest BCUT2D eigenvalue weighted by Gasteiger charge is -2.15. The second kappa shape index (κ2) is 8.65. The molecule has 0 radical (unpaired) electrons. The Labute approximate surface area is 190 Å². The minimum Gasteiger partial charge on any atom is -0.383 e. The number of thioether (sulfide) groups is 1. The number of nitrogens with two attached hydrogens (primary N) is 1. The molecule has 3 aromatic rings. The van der Waals surface area contributed by atoms with Crippen molar-refractivity contribution in [3.05, 3.63) is 59.0 Å². The number of nitrogen functional groups attached to an aromatic ring is 1. The number of thiophene rings is 1. The lowest BCUT2D eigenvalue weighted by Crippen LogP contribution is -2.11. The zero-order valence-corrected chi connectivity index (χ0v) is 20.2. The van der Waals surface area contributed by atoms with Crippen molar-refractivity contribution in [1.29, 1.82) is 5.41 Å². The van der Waals surface area contributed by atoms with E-state index in [2.05, 4.69) is 4.72 Å². The maximum atomic E-state index is 13.4. The Morgan fingerprint density at radius 3 is 2.39 bits per heavy atom. The summed E-state index contributed by atoms with van der Waals surface area (Å²) >= 11 is 2.44. The maximum absolute atomic E-state index is 13.4. The van der Waals surface area contributed by atoms with Gasteiger partial charge in [0, 0.05) is 5.56 Å². The highest BCUT2D eigenvalue weighted by molar-refractivity contribution is 8.01. The average Bonchev–Trinajstić information content (AvgIpc) is 3.13. The van der Waals surface area contributed by atoms with Crippen LogP contribution in [-0.2, 0) is 19.9 Å². The molecule has 0 atom stereocenters. The van der Waals surface area contributed by atoms with Gasteiger partial charge in [0.2, 0.25) is 19.9 Å². The fourth-order valence-electron chi connectivity index (χ4n) is 3.10. The Kier molecular flexibility index (Phi) is 6.51. The summed E-state index contributed by atoms with van der Waals surface area (Å²) in [6.07, 6.45) is 2.83. The van der Waals surface area contributed by atoms with Crippen molar-refractivity contribution in [2.24, 2.45) is 5.73 Å². The molecule has 0 amide bonds. The smallest absolute Gasteiger partial charge is 0.229 e. The van der Waals surface area contributed by atoms with Gasteiger partial charge in [-0.25, -0.2) is 16.8 Å². The number of aryl methyl sites for hydroxylation is 1. The fraction of sp³-hybridized carbons (Fsp3) is 0.150. The van der Waals surface area contributed by atoms with E-state index in [1.165, 1.54) is 30.0 Å². The topological polar surface area (TPSA) is 130 Å². The van der Waals surface area contributed by atoms with Crippen LogP contribution in [0.5, 0.6) is 0 Å². The van der Waals surface area contributed by atoms with Gasteiger partial charge in [-0.1, -0.05) is 24.3 Å². The van der Waals surface area contributed by atoms with Crippen LogP contribution in [0, 0.1) is 12.3 Å². The van der Waals surface area contributed by atoms with Gasteiger partial charge in [0.25, 0.3) is 0 Å². The summed E-state index contributed by atoms with van der Waals surface area (Å²) < 4.78 is 53.4. The summed E-state index contributed by atoms with van der Waals surface area (Å²) in [4.78, 5) is 0.561. The number of hydrogen-bond acceptors (Lipinski definition) is 7. The number of rotatable bonds is 7. The summed E-state index contributed by atoms with van der Waals surface area (Å²) in [6.45, 7) is 1.83. The van der Waals surface area contributed by atoms with E-state index in [1.54, 1.807) is 30.5 Å². The van der Waals surface area contributed by atoms with Crippen LogP contribution in [0.25, 0.3) is 11.1 Å². The van der Waals surface area contributed by atoms with Crippen molar-refractivity contribution in [3.8, 4) is 11.1 Å². The van der Waals surface area contributed by atoms with Gasteiger partial charge in [-0.3, -0.25) is 10.1 Å². The highest BCUT2D eigenvalue weighted by Crippen LogP contribution is 2.39. The molecule has 0 unspecified atom stereocenters. The van der Waals surface area contributed by atoms with Crippen LogP contribution in [0.1, 0.15) is 10.4 Å². The Morgan fingerprint density at radius 1 is 1.10 bits per heavy atom. The normalized spacial score (nSPS) is 12.0. The van der Waals surface area contributed by atoms with Crippen molar-refractivity contribution < 1.29 is 16.8 Å². The van der Waals surface area contributed by atoms with E-state index in [4.69, 9.17) is 11.1 Å². The molecule has 0 saturated carbocycles. The van der Waals surface area contributed by atoms with Crippen molar-refractivity contribution in [2.75, 3.05) is 17.2 Å². The van der Waals surface area contributed by atoms with Crippen molar-refractivity contribution in [3.63, 3.8) is 0 Å². The lowest BCUT2D eigenvalue weighted by molar-refractivity contribution is 0.594. The predicted octanol–water partition coefficient (Wildman–Crippen LogP) is 3.93. The Morgan fingerprint density at radius 2 is 1.77 bits per heavy atom. The first-order valence-electron chi connectivity index (χ1n) is 8.89. The number of nitrogens with one attached hydrogen (secondary N) is 2. The zero-order valence-electron chi connectivity index (χ0n) is 17.0. The Balaban J connectivity index is 2.17. The molecule has 1 heterocycles. The summed E-state index contributed by atoms with van der Waals surface area (Å²) in [7, 11) is -7.41. The summed E-state index contributed by atoms with van der Waals surface area (Å²) in [5.41, 5.74) is 7.88. The molecule has 164 valence electrons. The molecule has 2 aromatic carbocycles. The number of amidine groups is 1. The van der Waals surface area contributed by atoms with E-state index in [-0.39, 0.29) is 15.6 Å². The maximum Gasteiger partial charge on any atom is 0.229 e. The van der Waals surface area contributed by atoms with Crippen LogP contribution >= 0.6 is 23.1 Å². The number of sulfonamides is 1. The van der Waals surface area contributed by atoms with Gasteiger partial charge in [-0.2, -0.15) is 0 Å². The minimum atomic E-state index is -3.89. The summed E-state index contributed by atoms with van der Waals surface area (Å²) in [5.74, 6) is -0.188. The van der Waals surface area contributed by atoms with Crippen LogP contribution < -0.4 is 10.5 Å². The third-order valence-corrected chi connectivity index (χ3v) is 9.34. The van der Waals surface area contributed by atoms with Crippen molar-refractivity contribution in [2.45, 2.75) is 20.9 Å². The molecule has 0 aliphatic carbocycles. The third-order valence-electron chi connectivity index (χ3n) is 4.41. The van der Waals surface area contributed by atoms with Gasteiger partial charge in [0.1, 0.15) is 5.84 Å². The van der Waals surface area contributed by atoms with Crippen LogP contribution in [-0.4, -0.2) is 35.2 Å². The Hall–Kier alpha value is -2.34. The molecule has 31 heavy (non-hydrogen) atoms. The average molecular weight is 496 g/mol. The highest BCUT2D eigenvalue weighted by Gasteiger charge is 2.25. The monoisotopic (exact) mass is 495 g/mol. The first-order chi connectivity index (χ1) is 14.4. The molecular weight excluding hydrogens is 475 g/mol. The number of hydrogen-bond donors (Lipinski definition) is 3. The van der Waals surface area contributed by atoms with E-state index >= 15 is 0 Å². The largest absolute Gasteiger partial charge is 0.383 e. The molecule has 11 heteroatoms. The molecule has 0 bridgehead atoms. The standard InChI is InChI=1S/C20H21N3O4S4/c1-12-6-4-9-15(23-30(3,24)25)18(12)13-7-5-8-14(10-13)31(26,27)17-11-16(19(21)22)29-20(17)28-2/h4-11,23H,1-3H3,(H3,21,22). The van der Waals surface area contributed by atoms with Crippen LogP contribution in [0.2, 0.25) is 0 Å². The number of benzene rings is 2. The second-order valence-electron chi connectivity index (χ2n) is 6.78. The van der Waals surface area contributed by atoms with Crippen LogP contribution in [0.3, 0.4) is 0 Å². The van der Waals surface area contributed by atoms with E-state index in [1.807, 2.05) is 13.0 Å². The molecule has 0 spiro atoms. The molecule has 0 aliphatic heterocycles. The quantitative estimate of drug-likeness (QED) is 0.259. The minimum absolute atomic E-state index is 0.0711. The van der Waals surface area contributed by atoms with Gasteiger partial charge in [-0.05, 0) is 48.6 Å². The molecule has 0 aliphatic rings. The van der Waals surface area contributed by atoms with E-state index in [0.29, 0.717) is 25.9 Å². The second-order valence-corrected chi connectivity index (χ2v) is 12.6. The zero-order chi connectivity index (χ0) is 23.0. The number of anilines is 1. The molecule has 0 saturated heterocycles. The van der Waals surface area contributed by atoms with Gasteiger partial charge in [-0.15, -0.1) is 23.1 Å². The molecule has 7 nitrogen and oxygen atoms in total. The lowest BCUT2D eigenvalue weighted by atomic mass is 9.99. The van der Waals surface area contributed by atoms with E-state index in [0.717, 1.165) is 23.2 Å². The summed E-state index contributed by atoms with van der Waals surface area (Å²) in [6, 6.07) is 13.0. The molecule has 3 rings (SSSR count). The van der Waals surface area contributed by atoms with E-state index in [9.17, 15) is 16.8 Å². The van der Waals surface area contributed by atoms with Gasteiger partial charge < -0.3 is 5.73 Å². The van der Waals surface area contributed by atoms with Crippen molar-refractivity contribution in [1.82, 2.24) is 0 Å². The van der Waals surface area contributed by atoms with E-state index < -0.39 is 19.9 Å². The van der Waals surface area contributed by atoms with Gasteiger partial charge in [0.15, 0.2) is 0 Å². The van der Waals surface area contributed by atoms with Crippen LogP contribution in [0.15, 0.2) is 62.5 Å². The molecular formula is C20H21N3O4S4. The van der Waals surface area contributed by atoms with Crippen molar-refractivity contribution >= 4 is 54.5 Å². The highest BCUT2D eigenvalue weighted by atomic mass is 32.2. The van der Waals surface area contributed by atoms with Gasteiger partial charge in [0.05, 0.1) is 30.8 Å². The summed E-state index contributed by atoms with van der Waals surface area (Å²) in [5, 5.41) is 7.62. The van der Waals surface area contributed by atoms with Gasteiger partial charge >= 0.3 is 0 Å². The third kappa shape index (κ3) is 4.95. The molecule has 0 fully saturated rings. The SMILES string of the molecule is CSc1sc(C(=N)N)cc1S(=O)(=O)c1cccc(-c2c(C)cccc2NS(C)(=O)=O)c1. The fourth-order valence-corrected chi connectivity index (χ4v) is 7.57. The van der Waals surface area contributed by atoms with Crippen LogP contribution in [0.4, 0.5) is 5.69 Å². The molecule has 4 N–H and O–H groups in total.